The molecule has 2 aromatic heterocycles. The zero-order valence-corrected chi connectivity index (χ0v) is 18.5. The summed E-state index contributed by atoms with van der Waals surface area (Å²) in [6.07, 6.45) is 2.43. The fraction of sp³-hybridized carbons (Fsp3) is 0.280. The average Bonchev–Trinajstić information content (AvgIpc) is 3.50. The number of carbonyl (C=O) groups excluding carboxylic acids is 1. The maximum Gasteiger partial charge on any atom is 0.257 e. The lowest BCUT2D eigenvalue weighted by atomic mass is 9.93. The number of hydrogen-bond acceptors (Lipinski definition) is 5. The summed E-state index contributed by atoms with van der Waals surface area (Å²) in [5, 5.41) is 6.51. The number of ether oxygens (including phenoxy) is 1. The number of fused-ring (bicyclic) bond motifs is 3. The third-order valence-corrected chi connectivity index (χ3v) is 6.53. The van der Waals surface area contributed by atoms with E-state index in [0.717, 1.165) is 39.2 Å². The summed E-state index contributed by atoms with van der Waals surface area (Å²) in [5.74, 6) is 0.336. The van der Waals surface area contributed by atoms with Crippen LogP contribution in [-0.4, -0.2) is 52.2 Å². The molecule has 1 fully saturated rings. The van der Waals surface area contributed by atoms with Crippen molar-refractivity contribution in [2.24, 2.45) is 0 Å². The van der Waals surface area contributed by atoms with Crippen molar-refractivity contribution in [3.05, 3.63) is 77.6 Å². The van der Waals surface area contributed by atoms with Gasteiger partial charge in [0.25, 0.3) is 5.91 Å². The van der Waals surface area contributed by atoms with Crippen LogP contribution >= 0.6 is 0 Å². The first kappa shape index (κ1) is 21.0. The molecule has 2 atom stereocenters. The number of aromatic amines is 2. The molecule has 4 aromatic rings. The van der Waals surface area contributed by atoms with Gasteiger partial charge in [-0.05, 0) is 47.9 Å². The normalized spacial score (nSPS) is 20.9. The summed E-state index contributed by atoms with van der Waals surface area (Å²) >= 11 is 0. The minimum Gasteiger partial charge on any atom is -0.379 e. The number of H-pyrrole nitrogens is 2. The molecule has 2 aliphatic heterocycles. The van der Waals surface area contributed by atoms with E-state index in [4.69, 9.17) is 4.74 Å². The topological polar surface area (TPSA) is 98.1 Å². The summed E-state index contributed by atoms with van der Waals surface area (Å²) in [6, 6.07) is 13.6. The summed E-state index contributed by atoms with van der Waals surface area (Å²) in [7, 11) is 0. The van der Waals surface area contributed by atoms with Gasteiger partial charge < -0.3 is 14.7 Å². The van der Waals surface area contributed by atoms with E-state index in [-0.39, 0.29) is 17.8 Å². The number of amides is 1. The summed E-state index contributed by atoms with van der Waals surface area (Å²) < 4.78 is 18.7. The second-order valence-electron chi connectivity index (χ2n) is 8.68. The van der Waals surface area contributed by atoms with Gasteiger partial charge in [0.05, 0.1) is 31.1 Å². The highest BCUT2D eigenvalue weighted by molar-refractivity contribution is 5.90. The van der Waals surface area contributed by atoms with Gasteiger partial charge in [0.2, 0.25) is 0 Å². The Morgan fingerprint density at radius 3 is 2.71 bits per heavy atom. The number of hydrazine groups is 1. The molecule has 4 heterocycles. The minimum atomic E-state index is -0.566. The molecular weight excluding hydrogens is 435 g/mol. The summed E-state index contributed by atoms with van der Waals surface area (Å²) in [4.78, 5) is 24.8. The van der Waals surface area contributed by atoms with E-state index < -0.39 is 6.04 Å². The van der Waals surface area contributed by atoms with Crippen LogP contribution in [0.25, 0.3) is 22.2 Å². The molecule has 1 amide bonds. The van der Waals surface area contributed by atoms with E-state index in [1.807, 2.05) is 23.2 Å². The molecule has 1 saturated heterocycles. The molecule has 0 spiro atoms. The Morgan fingerprint density at radius 2 is 1.88 bits per heavy atom. The van der Waals surface area contributed by atoms with Crippen molar-refractivity contribution < 1.29 is 13.9 Å². The molecular formula is C25H25FN6O2. The van der Waals surface area contributed by atoms with E-state index in [9.17, 15) is 9.18 Å². The molecule has 6 rings (SSSR count). The molecule has 2 aliphatic rings. The van der Waals surface area contributed by atoms with Crippen LogP contribution in [0.4, 0.5) is 4.39 Å². The van der Waals surface area contributed by atoms with Gasteiger partial charge in [0.1, 0.15) is 17.7 Å². The highest BCUT2D eigenvalue weighted by atomic mass is 19.1. The van der Waals surface area contributed by atoms with Gasteiger partial charge in [-0.1, -0.05) is 18.2 Å². The number of halogens is 1. The molecule has 0 bridgehead atoms. The molecule has 8 nitrogen and oxygen atoms in total. The average molecular weight is 461 g/mol. The molecule has 1 unspecified atom stereocenters. The fourth-order valence-electron chi connectivity index (χ4n) is 4.80. The Balaban J connectivity index is 1.33. The van der Waals surface area contributed by atoms with E-state index in [2.05, 4.69) is 31.8 Å². The van der Waals surface area contributed by atoms with Gasteiger partial charge in [0, 0.05) is 29.7 Å². The van der Waals surface area contributed by atoms with Gasteiger partial charge in [-0.2, -0.15) is 0 Å². The number of benzene rings is 2. The molecule has 2 aromatic carbocycles. The Hall–Kier alpha value is -3.53. The predicted molar refractivity (Wildman–Crippen MR) is 125 cm³/mol. The van der Waals surface area contributed by atoms with E-state index in [1.165, 1.54) is 12.1 Å². The lowest BCUT2D eigenvalue weighted by Crippen LogP contribution is -2.52. The first-order valence-electron chi connectivity index (χ1n) is 11.5. The molecule has 0 aliphatic carbocycles. The number of nitrogens with zero attached hydrogens (tertiary/aromatic N) is 2. The maximum atomic E-state index is 13.4. The summed E-state index contributed by atoms with van der Waals surface area (Å²) in [6.45, 7) is 2.50. The molecule has 34 heavy (non-hydrogen) atoms. The highest BCUT2D eigenvalue weighted by Gasteiger charge is 2.36. The number of para-hydroxylation sites is 1. The van der Waals surface area contributed by atoms with Crippen LogP contribution in [0.5, 0.6) is 0 Å². The largest absolute Gasteiger partial charge is 0.379 e. The SMILES string of the molecule is O=C(NN1CCOCC1)C1N[C@@H](c2ncc(-c3ccc(F)cc3)[nH]2)Cc2c1[nH]c1ccccc21. The second kappa shape index (κ2) is 8.68. The van der Waals surface area contributed by atoms with Crippen molar-refractivity contribution in [3.8, 4) is 11.3 Å². The molecule has 174 valence electrons. The Morgan fingerprint density at radius 1 is 1.09 bits per heavy atom. The third-order valence-electron chi connectivity index (χ3n) is 6.53. The maximum absolute atomic E-state index is 13.4. The van der Waals surface area contributed by atoms with Crippen LogP contribution in [-0.2, 0) is 16.0 Å². The van der Waals surface area contributed by atoms with Gasteiger partial charge in [-0.25, -0.2) is 14.4 Å². The molecule has 0 saturated carbocycles. The third kappa shape index (κ3) is 3.87. The van der Waals surface area contributed by atoms with Gasteiger partial charge in [-0.3, -0.25) is 15.5 Å². The van der Waals surface area contributed by atoms with Crippen molar-refractivity contribution in [1.29, 1.82) is 0 Å². The van der Waals surface area contributed by atoms with Crippen molar-refractivity contribution in [3.63, 3.8) is 0 Å². The monoisotopic (exact) mass is 460 g/mol. The van der Waals surface area contributed by atoms with Crippen molar-refractivity contribution in [2.45, 2.75) is 18.5 Å². The number of carbonyl (C=O) groups is 1. The standard InChI is InChI=1S/C25H25FN6O2/c26-16-7-5-15(6-8-16)21-14-27-24(30-21)20-13-18-17-3-1-2-4-19(17)28-22(18)23(29-20)25(33)31-32-9-11-34-12-10-32/h1-8,14,20,23,28-29H,9-13H2,(H,27,30)(H,31,33)/t20-,23?/m1/s1. The fourth-order valence-corrected chi connectivity index (χ4v) is 4.80. The van der Waals surface area contributed by atoms with E-state index in [0.29, 0.717) is 32.7 Å². The Bertz CT molecular complexity index is 1320. The van der Waals surface area contributed by atoms with Crippen LogP contribution in [0, 0.1) is 5.82 Å². The van der Waals surface area contributed by atoms with Crippen LogP contribution < -0.4 is 10.7 Å². The minimum absolute atomic E-state index is 0.121. The van der Waals surface area contributed by atoms with Crippen molar-refractivity contribution in [1.82, 2.24) is 30.7 Å². The van der Waals surface area contributed by atoms with Gasteiger partial charge >= 0.3 is 0 Å². The highest BCUT2D eigenvalue weighted by Crippen LogP contribution is 2.36. The lowest BCUT2D eigenvalue weighted by molar-refractivity contribution is -0.130. The number of morpholine rings is 1. The summed E-state index contributed by atoms with van der Waals surface area (Å²) in [5.41, 5.74) is 7.70. The van der Waals surface area contributed by atoms with Crippen molar-refractivity contribution in [2.75, 3.05) is 26.3 Å². The zero-order chi connectivity index (χ0) is 23.1. The zero-order valence-electron chi connectivity index (χ0n) is 18.5. The van der Waals surface area contributed by atoms with E-state index >= 15 is 0 Å². The molecule has 0 radical (unpaired) electrons. The quantitative estimate of drug-likeness (QED) is 0.375. The number of rotatable bonds is 4. The Kier molecular flexibility index (Phi) is 5.37. The number of imidazole rings is 1. The van der Waals surface area contributed by atoms with Crippen LogP contribution in [0.2, 0.25) is 0 Å². The van der Waals surface area contributed by atoms with Crippen LogP contribution in [0.1, 0.15) is 29.2 Å². The number of nitrogens with one attached hydrogen (secondary N) is 4. The van der Waals surface area contributed by atoms with Crippen LogP contribution in [0.15, 0.2) is 54.7 Å². The van der Waals surface area contributed by atoms with Crippen molar-refractivity contribution >= 4 is 16.8 Å². The first-order chi connectivity index (χ1) is 16.7. The molecule has 4 N–H and O–H groups in total. The lowest BCUT2D eigenvalue weighted by Gasteiger charge is -2.33. The molecule has 9 heteroatoms. The second-order valence-corrected chi connectivity index (χ2v) is 8.68. The number of aromatic nitrogens is 3. The smallest absolute Gasteiger partial charge is 0.257 e. The number of hydrogen-bond donors (Lipinski definition) is 4. The van der Waals surface area contributed by atoms with Crippen LogP contribution in [0.3, 0.4) is 0 Å². The van der Waals surface area contributed by atoms with Gasteiger partial charge in [0.15, 0.2) is 0 Å². The van der Waals surface area contributed by atoms with E-state index in [1.54, 1.807) is 18.3 Å². The first-order valence-corrected chi connectivity index (χ1v) is 11.5. The Labute approximate surface area is 195 Å². The predicted octanol–water partition coefficient (Wildman–Crippen LogP) is 2.99. The van der Waals surface area contributed by atoms with Gasteiger partial charge in [-0.15, -0.1) is 0 Å².